The molecule has 0 aliphatic carbocycles. The quantitative estimate of drug-likeness (QED) is 0.807. The minimum Gasteiger partial charge on any atom is -0.326 e. The molecule has 0 spiro atoms. The van der Waals surface area contributed by atoms with E-state index in [9.17, 15) is 4.39 Å². The Morgan fingerprint density at radius 2 is 1.80 bits per heavy atom. The molecule has 0 saturated carbocycles. The fourth-order valence-electron chi connectivity index (χ4n) is 1.99. The standard InChI is InChI=1S/C17H20FNS/c1-12(2)14-4-6-16(7-5-14)20-11-13-3-8-17(18)15(9-13)10-19/h3-9,12H,10-11,19H2,1-2H3. The van der Waals surface area contributed by atoms with Gasteiger partial charge in [-0.15, -0.1) is 11.8 Å². The van der Waals surface area contributed by atoms with Crippen LogP contribution >= 0.6 is 11.8 Å². The first-order valence-corrected chi connectivity index (χ1v) is 7.79. The van der Waals surface area contributed by atoms with Crippen LogP contribution in [0.15, 0.2) is 47.4 Å². The molecule has 0 bridgehead atoms. The summed E-state index contributed by atoms with van der Waals surface area (Å²) >= 11 is 1.76. The van der Waals surface area contributed by atoms with Crippen LogP contribution in [0.4, 0.5) is 4.39 Å². The SMILES string of the molecule is CC(C)c1ccc(SCc2ccc(F)c(CN)c2)cc1. The molecular weight excluding hydrogens is 269 g/mol. The molecule has 0 radical (unpaired) electrons. The average molecular weight is 289 g/mol. The van der Waals surface area contributed by atoms with Crippen molar-refractivity contribution in [3.63, 3.8) is 0 Å². The molecule has 0 unspecified atom stereocenters. The van der Waals surface area contributed by atoms with Gasteiger partial charge in [-0.3, -0.25) is 0 Å². The highest BCUT2D eigenvalue weighted by Gasteiger charge is 2.03. The molecule has 0 aliphatic heterocycles. The lowest BCUT2D eigenvalue weighted by Crippen LogP contribution is -2.00. The van der Waals surface area contributed by atoms with Crippen LogP contribution < -0.4 is 5.73 Å². The average Bonchev–Trinajstić information content (AvgIpc) is 2.46. The molecule has 0 fully saturated rings. The molecule has 0 heterocycles. The van der Waals surface area contributed by atoms with Crippen LogP contribution in [-0.2, 0) is 12.3 Å². The number of hydrogen-bond acceptors (Lipinski definition) is 2. The summed E-state index contributed by atoms with van der Waals surface area (Å²) in [7, 11) is 0. The molecule has 106 valence electrons. The molecule has 1 nitrogen and oxygen atoms in total. The fraction of sp³-hybridized carbons (Fsp3) is 0.294. The molecular formula is C17H20FNS. The highest BCUT2D eigenvalue weighted by molar-refractivity contribution is 7.98. The first kappa shape index (κ1) is 15.1. The molecule has 0 aromatic heterocycles. The summed E-state index contributed by atoms with van der Waals surface area (Å²) in [5.41, 5.74) is 8.56. The van der Waals surface area contributed by atoms with E-state index in [2.05, 4.69) is 38.1 Å². The number of rotatable bonds is 5. The molecule has 2 N–H and O–H groups in total. The highest BCUT2D eigenvalue weighted by Crippen LogP contribution is 2.25. The summed E-state index contributed by atoms with van der Waals surface area (Å²) in [5, 5.41) is 0. The lowest BCUT2D eigenvalue weighted by atomic mass is 10.0. The van der Waals surface area contributed by atoms with E-state index in [1.807, 2.05) is 12.1 Å². The predicted octanol–water partition coefficient (Wildman–Crippen LogP) is 4.70. The lowest BCUT2D eigenvalue weighted by Gasteiger charge is -2.08. The largest absolute Gasteiger partial charge is 0.326 e. The Bertz CT molecular complexity index is 564. The van der Waals surface area contributed by atoms with Crippen molar-refractivity contribution in [3.8, 4) is 0 Å². The third kappa shape index (κ3) is 3.84. The Kier molecular flexibility index (Phi) is 5.21. The first-order valence-electron chi connectivity index (χ1n) is 6.80. The normalized spacial score (nSPS) is 11.1. The van der Waals surface area contributed by atoms with E-state index in [0.717, 1.165) is 11.3 Å². The molecule has 0 amide bonds. The van der Waals surface area contributed by atoms with Crippen LogP contribution in [0, 0.1) is 5.82 Å². The van der Waals surface area contributed by atoms with Crippen molar-refractivity contribution in [1.29, 1.82) is 0 Å². The van der Waals surface area contributed by atoms with E-state index in [0.29, 0.717) is 11.5 Å². The Morgan fingerprint density at radius 1 is 1.10 bits per heavy atom. The molecule has 2 rings (SSSR count). The van der Waals surface area contributed by atoms with Gasteiger partial charge in [0.2, 0.25) is 0 Å². The van der Waals surface area contributed by atoms with E-state index >= 15 is 0 Å². The van der Waals surface area contributed by atoms with E-state index in [-0.39, 0.29) is 12.4 Å². The Hall–Kier alpha value is -1.32. The van der Waals surface area contributed by atoms with Crippen molar-refractivity contribution in [2.75, 3.05) is 0 Å². The minimum atomic E-state index is -0.220. The molecule has 0 saturated heterocycles. The van der Waals surface area contributed by atoms with Crippen molar-refractivity contribution in [2.24, 2.45) is 5.73 Å². The van der Waals surface area contributed by atoms with Crippen LogP contribution in [0.1, 0.15) is 36.5 Å². The maximum absolute atomic E-state index is 13.4. The van der Waals surface area contributed by atoms with Gasteiger partial charge in [-0.05, 0) is 35.2 Å². The third-order valence-electron chi connectivity index (χ3n) is 3.28. The first-order chi connectivity index (χ1) is 9.60. The van der Waals surface area contributed by atoms with Gasteiger partial charge in [0, 0.05) is 22.8 Å². The van der Waals surface area contributed by atoms with Gasteiger partial charge in [0.15, 0.2) is 0 Å². The van der Waals surface area contributed by atoms with Crippen molar-refractivity contribution in [3.05, 3.63) is 65.0 Å². The van der Waals surface area contributed by atoms with Crippen molar-refractivity contribution in [1.82, 2.24) is 0 Å². The summed E-state index contributed by atoms with van der Waals surface area (Å²) in [5.74, 6) is 1.16. The second-order valence-corrected chi connectivity index (χ2v) is 6.19. The monoisotopic (exact) mass is 289 g/mol. The second kappa shape index (κ2) is 6.91. The summed E-state index contributed by atoms with van der Waals surface area (Å²) < 4.78 is 13.4. The zero-order valence-corrected chi connectivity index (χ0v) is 12.7. The maximum Gasteiger partial charge on any atom is 0.127 e. The zero-order chi connectivity index (χ0) is 14.5. The van der Waals surface area contributed by atoms with Crippen molar-refractivity contribution in [2.45, 2.75) is 37.0 Å². The van der Waals surface area contributed by atoms with Gasteiger partial charge in [0.25, 0.3) is 0 Å². The van der Waals surface area contributed by atoms with Crippen molar-refractivity contribution >= 4 is 11.8 Å². The number of hydrogen-bond donors (Lipinski definition) is 1. The lowest BCUT2D eigenvalue weighted by molar-refractivity contribution is 0.610. The van der Waals surface area contributed by atoms with Gasteiger partial charge in [-0.1, -0.05) is 38.1 Å². The van der Waals surface area contributed by atoms with Gasteiger partial charge in [0.1, 0.15) is 5.82 Å². The molecule has 0 aliphatic rings. The van der Waals surface area contributed by atoms with E-state index in [4.69, 9.17) is 5.73 Å². The summed E-state index contributed by atoms with van der Waals surface area (Å²) in [6.07, 6.45) is 0. The molecule has 2 aromatic rings. The predicted molar refractivity (Wildman–Crippen MR) is 84.4 cm³/mol. The highest BCUT2D eigenvalue weighted by atomic mass is 32.2. The van der Waals surface area contributed by atoms with E-state index in [1.54, 1.807) is 11.8 Å². The van der Waals surface area contributed by atoms with Gasteiger partial charge >= 0.3 is 0 Å². The Balaban J connectivity index is 2.01. The Labute approximate surface area is 124 Å². The Morgan fingerprint density at radius 3 is 2.40 bits per heavy atom. The van der Waals surface area contributed by atoms with Crippen LogP contribution in [-0.4, -0.2) is 0 Å². The second-order valence-electron chi connectivity index (χ2n) is 5.14. The van der Waals surface area contributed by atoms with Gasteiger partial charge in [0.05, 0.1) is 0 Å². The smallest absolute Gasteiger partial charge is 0.127 e. The zero-order valence-electron chi connectivity index (χ0n) is 11.9. The number of benzene rings is 2. The minimum absolute atomic E-state index is 0.220. The van der Waals surface area contributed by atoms with Crippen LogP contribution in [0.2, 0.25) is 0 Å². The number of nitrogens with two attached hydrogens (primary N) is 1. The number of thioether (sulfide) groups is 1. The van der Waals surface area contributed by atoms with Gasteiger partial charge < -0.3 is 5.73 Å². The fourth-order valence-corrected chi connectivity index (χ4v) is 2.83. The summed E-state index contributed by atoms with van der Waals surface area (Å²) in [6, 6.07) is 13.8. The van der Waals surface area contributed by atoms with E-state index < -0.39 is 0 Å². The van der Waals surface area contributed by atoms with Gasteiger partial charge in [-0.2, -0.15) is 0 Å². The van der Waals surface area contributed by atoms with Crippen LogP contribution in [0.5, 0.6) is 0 Å². The summed E-state index contributed by atoms with van der Waals surface area (Å²) in [6.45, 7) is 4.62. The van der Waals surface area contributed by atoms with Crippen LogP contribution in [0.3, 0.4) is 0 Å². The molecule has 20 heavy (non-hydrogen) atoms. The topological polar surface area (TPSA) is 26.0 Å². The molecule has 2 aromatic carbocycles. The molecule has 0 atom stereocenters. The molecule has 3 heteroatoms. The van der Waals surface area contributed by atoms with E-state index in [1.165, 1.54) is 16.5 Å². The maximum atomic E-state index is 13.4. The summed E-state index contributed by atoms with van der Waals surface area (Å²) in [4.78, 5) is 1.23. The third-order valence-corrected chi connectivity index (χ3v) is 4.37. The number of halogens is 1. The van der Waals surface area contributed by atoms with Crippen molar-refractivity contribution < 1.29 is 4.39 Å². The van der Waals surface area contributed by atoms with Gasteiger partial charge in [-0.25, -0.2) is 4.39 Å². The van der Waals surface area contributed by atoms with Crippen LogP contribution in [0.25, 0.3) is 0 Å².